The third-order valence-corrected chi connectivity index (χ3v) is 3.69. The van der Waals surface area contributed by atoms with Gasteiger partial charge in [-0.25, -0.2) is 9.18 Å². The number of ether oxygens (including phenoxy) is 4. The first kappa shape index (κ1) is 20.0. The molecule has 0 aliphatic rings. The first-order chi connectivity index (χ1) is 12.9. The van der Waals surface area contributed by atoms with E-state index in [9.17, 15) is 14.0 Å². The minimum absolute atomic E-state index is 0.0802. The molecular formula is C19H20FNO6. The first-order valence-electron chi connectivity index (χ1n) is 7.97. The molecule has 0 radical (unpaired) electrons. The van der Waals surface area contributed by atoms with Gasteiger partial charge in [-0.15, -0.1) is 0 Å². The number of esters is 1. The molecule has 0 aromatic heterocycles. The van der Waals surface area contributed by atoms with E-state index in [1.807, 2.05) is 0 Å². The number of hydrogen-bond acceptors (Lipinski definition) is 6. The first-order valence-corrected chi connectivity index (χ1v) is 7.97. The monoisotopic (exact) mass is 377 g/mol. The molecule has 0 spiro atoms. The fourth-order valence-electron chi connectivity index (χ4n) is 2.32. The van der Waals surface area contributed by atoms with E-state index in [0.717, 1.165) is 0 Å². The predicted octanol–water partition coefficient (Wildman–Crippen LogP) is 3.04. The molecule has 0 saturated carbocycles. The maximum Gasteiger partial charge on any atom is 0.342 e. The Labute approximate surface area is 156 Å². The molecule has 0 heterocycles. The Morgan fingerprint density at radius 3 is 2.11 bits per heavy atom. The SMILES string of the molecule is COc1ccc(C(=O)O[C@@H](C)C(=O)Nc2ccc(F)cc2)c(OC)c1OC. The second-order valence-corrected chi connectivity index (χ2v) is 5.43. The molecule has 1 atom stereocenters. The lowest BCUT2D eigenvalue weighted by Gasteiger charge is -2.17. The van der Waals surface area contributed by atoms with Gasteiger partial charge in [0.2, 0.25) is 5.75 Å². The average molecular weight is 377 g/mol. The molecule has 0 bridgehead atoms. The summed E-state index contributed by atoms with van der Waals surface area (Å²) in [6, 6.07) is 8.20. The molecule has 0 fully saturated rings. The molecule has 0 saturated heterocycles. The van der Waals surface area contributed by atoms with E-state index in [1.54, 1.807) is 0 Å². The van der Waals surface area contributed by atoms with Gasteiger partial charge in [0.15, 0.2) is 17.6 Å². The summed E-state index contributed by atoms with van der Waals surface area (Å²) < 4.78 is 33.7. The molecule has 8 heteroatoms. The van der Waals surface area contributed by atoms with Crippen molar-refractivity contribution in [1.29, 1.82) is 0 Å². The van der Waals surface area contributed by atoms with E-state index < -0.39 is 23.8 Å². The number of hydrogen-bond donors (Lipinski definition) is 1. The Morgan fingerprint density at radius 1 is 0.926 bits per heavy atom. The largest absolute Gasteiger partial charge is 0.493 e. The normalized spacial score (nSPS) is 11.3. The van der Waals surface area contributed by atoms with Crippen LogP contribution in [0.4, 0.5) is 10.1 Å². The van der Waals surface area contributed by atoms with Crippen LogP contribution in [0.3, 0.4) is 0 Å². The molecule has 2 aromatic rings. The number of methoxy groups -OCH3 is 3. The summed E-state index contributed by atoms with van der Waals surface area (Å²) in [5.41, 5.74) is 0.463. The number of anilines is 1. The van der Waals surface area contributed by atoms with Crippen LogP contribution in [0.15, 0.2) is 36.4 Å². The average Bonchev–Trinajstić information content (AvgIpc) is 2.67. The third kappa shape index (κ3) is 4.66. The topological polar surface area (TPSA) is 83.1 Å². The number of carbonyl (C=O) groups excluding carboxylic acids is 2. The van der Waals surface area contributed by atoms with Crippen LogP contribution in [0.5, 0.6) is 17.2 Å². The lowest BCUT2D eigenvalue weighted by atomic mass is 10.1. The zero-order valence-electron chi connectivity index (χ0n) is 15.4. The Balaban J connectivity index is 2.13. The zero-order chi connectivity index (χ0) is 20.0. The number of rotatable bonds is 7. The van der Waals surface area contributed by atoms with Crippen LogP contribution in [0.2, 0.25) is 0 Å². The minimum Gasteiger partial charge on any atom is -0.493 e. The van der Waals surface area contributed by atoms with Gasteiger partial charge in [-0.1, -0.05) is 0 Å². The highest BCUT2D eigenvalue weighted by molar-refractivity contribution is 5.99. The number of benzene rings is 2. The molecule has 7 nitrogen and oxygen atoms in total. The Bertz CT molecular complexity index is 822. The summed E-state index contributed by atoms with van der Waals surface area (Å²) in [4.78, 5) is 24.7. The summed E-state index contributed by atoms with van der Waals surface area (Å²) in [6.07, 6.45) is -1.10. The maximum atomic E-state index is 12.9. The summed E-state index contributed by atoms with van der Waals surface area (Å²) in [7, 11) is 4.24. The number of amides is 1. The van der Waals surface area contributed by atoms with Crippen LogP contribution in [0, 0.1) is 5.82 Å². The Hall–Kier alpha value is -3.29. The van der Waals surface area contributed by atoms with Crippen LogP contribution >= 0.6 is 0 Å². The summed E-state index contributed by atoms with van der Waals surface area (Å²) in [5, 5.41) is 2.54. The van der Waals surface area contributed by atoms with Gasteiger partial charge in [0.05, 0.1) is 21.3 Å². The number of nitrogens with one attached hydrogen (secondary N) is 1. The molecule has 1 amide bonds. The smallest absolute Gasteiger partial charge is 0.342 e. The summed E-state index contributed by atoms with van der Waals surface area (Å²) in [5.74, 6) is -1.00. The highest BCUT2D eigenvalue weighted by Crippen LogP contribution is 2.40. The van der Waals surface area contributed by atoms with Crippen molar-refractivity contribution in [3.63, 3.8) is 0 Å². The molecule has 2 aromatic carbocycles. The fourth-order valence-corrected chi connectivity index (χ4v) is 2.32. The van der Waals surface area contributed by atoms with Crippen molar-refractivity contribution in [3.8, 4) is 17.2 Å². The third-order valence-electron chi connectivity index (χ3n) is 3.69. The molecule has 27 heavy (non-hydrogen) atoms. The quantitative estimate of drug-likeness (QED) is 0.747. The fraction of sp³-hybridized carbons (Fsp3) is 0.263. The highest BCUT2D eigenvalue weighted by atomic mass is 19.1. The van der Waals surface area contributed by atoms with Gasteiger partial charge in [-0.3, -0.25) is 4.79 Å². The second kappa shape index (κ2) is 8.88. The van der Waals surface area contributed by atoms with Crippen LogP contribution in [0.1, 0.15) is 17.3 Å². The van der Waals surface area contributed by atoms with Gasteiger partial charge >= 0.3 is 5.97 Å². The van der Waals surface area contributed by atoms with E-state index in [2.05, 4.69) is 5.32 Å². The number of halogens is 1. The van der Waals surface area contributed by atoms with E-state index in [0.29, 0.717) is 11.4 Å². The van der Waals surface area contributed by atoms with Crippen molar-refractivity contribution in [3.05, 3.63) is 47.8 Å². The van der Waals surface area contributed by atoms with Crippen LogP contribution in [0.25, 0.3) is 0 Å². The summed E-state index contributed by atoms with van der Waals surface area (Å²) >= 11 is 0. The molecule has 0 aliphatic carbocycles. The van der Waals surface area contributed by atoms with E-state index in [1.165, 1.54) is 64.7 Å². The molecule has 0 aliphatic heterocycles. The lowest BCUT2D eigenvalue weighted by Crippen LogP contribution is -2.30. The van der Waals surface area contributed by atoms with Gasteiger partial charge in [-0.2, -0.15) is 0 Å². The van der Waals surface area contributed by atoms with E-state index >= 15 is 0 Å². The molecule has 1 N–H and O–H groups in total. The molecule has 0 unspecified atom stereocenters. The van der Waals surface area contributed by atoms with Gasteiger partial charge in [0, 0.05) is 5.69 Å². The van der Waals surface area contributed by atoms with Crippen molar-refractivity contribution >= 4 is 17.6 Å². The van der Waals surface area contributed by atoms with Crippen molar-refractivity contribution < 1.29 is 32.9 Å². The molecule has 2 rings (SSSR count). The van der Waals surface area contributed by atoms with Crippen LogP contribution in [-0.2, 0) is 9.53 Å². The molecule has 144 valence electrons. The standard InChI is InChI=1S/C19H20FNO6/c1-11(18(22)21-13-7-5-12(20)6-8-13)27-19(23)14-9-10-15(24-2)17(26-4)16(14)25-3/h5-11H,1-4H3,(H,21,22)/t11-/m0/s1. The summed E-state index contributed by atoms with van der Waals surface area (Å²) in [6.45, 7) is 1.42. The van der Waals surface area contributed by atoms with Crippen LogP contribution in [-0.4, -0.2) is 39.3 Å². The van der Waals surface area contributed by atoms with Crippen molar-refractivity contribution in [1.82, 2.24) is 0 Å². The van der Waals surface area contributed by atoms with E-state index in [4.69, 9.17) is 18.9 Å². The highest BCUT2D eigenvalue weighted by Gasteiger charge is 2.25. The lowest BCUT2D eigenvalue weighted by molar-refractivity contribution is -0.123. The number of carbonyl (C=O) groups is 2. The maximum absolute atomic E-state index is 12.9. The van der Waals surface area contributed by atoms with Gasteiger partial charge in [0.1, 0.15) is 11.4 Å². The minimum atomic E-state index is -1.10. The Kier molecular flexibility index (Phi) is 6.59. The predicted molar refractivity (Wildman–Crippen MR) is 96.0 cm³/mol. The van der Waals surface area contributed by atoms with Crippen molar-refractivity contribution in [2.45, 2.75) is 13.0 Å². The second-order valence-electron chi connectivity index (χ2n) is 5.43. The zero-order valence-corrected chi connectivity index (χ0v) is 15.4. The van der Waals surface area contributed by atoms with Gasteiger partial charge in [0.25, 0.3) is 5.91 Å². The molecular weight excluding hydrogens is 357 g/mol. The van der Waals surface area contributed by atoms with Crippen molar-refractivity contribution in [2.75, 3.05) is 26.6 Å². The van der Waals surface area contributed by atoms with Crippen LogP contribution < -0.4 is 19.5 Å². The van der Waals surface area contributed by atoms with E-state index in [-0.39, 0.29) is 17.1 Å². The Morgan fingerprint density at radius 2 is 1.56 bits per heavy atom. The van der Waals surface area contributed by atoms with Gasteiger partial charge < -0.3 is 24.3 Å². The van der Waals surface area contributed by atoms with Gasteiger partial charge in [-0.05, 0) is 43.3 Å². The van der Waals surface area contributed by atoms with Crippen molar-refractivity contribution in [2.24, 2.45) is 0 Å².